The van der Waals surface area contributed by atoms with Gasteiger partial charge in [0, 0.05) is 10.5 Å². The van der Waals surface area contributed by atoms with Crippen LogP contribution < -0.4 is 5.73 Å². The van der Waals surface area contributed by atoms with Crippen molar-refractivity contribution >= 4 is 5.91 Å². The maximum absolute atomic E-state index is 10.7. The van der Waals surface area contributed by atoms with Crippen molar-refractivity contribution in [2.45, 2.75) is 51.8 Å². The monoisotopic (exact) mass is 160 g/mol. The Morgan fingerprint density at radius 3 is 2.55 bits per heavy atom. The first-order valence-corrected chi connectivity index (χ1v) is 4.15. The second-order valence-electron chi connectivity index (χ2n) is 2.56. The second kappa shape index (κ2) is 7.58. The average Bonchev–Trinajstić information content (AvgIpc) is 2.11. The van der Waals surface area contributed by atoms with Gasteiger partial charge in [-0.05, 0) is 6.40 Å². The van der Waals surface area contributed by atoms with Crippen molar-refractivity contribution < 1.29 is 8.91 Å². The Labute approximate surface area is 73.4 Å². The molecular weight excluding hydrogens is 138 g/mol. The maximum atomic E-state index is 10.7. The van der Waals surface area contributed by atoms with E-state index in [0.29, 0.717) is 6.42 Å². The van der Waals surface area contributed by atoms with Crippen molar-refractivity contribution in [2.75, 3.05) is 0 Å². The number of nitrogens with two attached hydrogens (primary N) is 1. The standard InChI is InChI=1S/C9H19NO/c1-2-3-4-5-6-7-8-9(10)11/h2-8H2,1H3,(H2,10,11)/i7D,8D2. The summed E-state index contributed by atoms with van der Waals surface area (Å²) in [6, 6.07) is 0. The number of carbonyl (C=O) groups excluding carboxylic acids is 1. The molecule has 0 aromatic rings. The topological polar surface area (TPSA) is 43.1 Å². The molecule has 0 saturated carbocycles. The van der Waals surface area contributed by atoms with Crippen molar-refractivity contribution in [2.24, 2.45) is 5.73 Å². The first kappa shape index (κ1) is 6.04. The maximum Gasteiger partial charge on any atom is 0.217 e. The highest BCUT2D eigenvalue weighted by atomic mass is 16.1. The molecule has 0 radical (unpaired) electrons. The Morgan fingerprint density at radius 1 is 1.36 bits per heavy atom. The molecule has 0 spiro atoms. The lowest BCUT2D eigenvalue weighted by molar-refractivity contribution is -0.118. The summed E-state index contributed by atoms with van der Waals surface area (Å²) in [5.41, 5.74) is 4.87. The highest BCUT2D eigenvalue weighted by molar-refractivity contribution is 5.73. The minimum Gasteiger partial charge on any atom is -0.370 e. The molecule has 11 heavy (non-hydrogen) atoms. The van der Waals surface area contributed by atoms with Gasteiger partial charge in [0.25, 0.3) is 0 Å². The summed E-state index contributed by atoms with van der Waals surface area (Å²) in [6.45, 7) is 2.08. The largest absolute Gasteiger partial charge is 0.370 e. The van der Waals surface area contributed by atoms with Gasteiger partial charge in [-0.3, -0.25) is 4.79 Å². The summed E-state index contributed by atoms with van der Waals surface area (Å²) in [6.07, 6.45) is 1.15. The highest BCUT2D eigenvalue weighted by Gasteiger charge is 1.93. The van der Waals surface area contributed by atoms with Gasteiger partial charge in [-0.15, -0.1) is 0 Å². The normalized spacial score (nSPS) is 18.1. The Bertz CT molecular complexity index is 185. The van der Waals surface area contributed by atoms with Gasteiger partial charge in [0.05, 0.1) is 0 Å². The van der Waals surface area contributed by atoms with Crippen LogP contribution in [0.2, 0.25) is 0 Å². The third-order valence-electron chi connectivity index (χ3n) is 1.45. The smallest absolute Gasteiger partial charge is 0.217 e. The van der Waals surface area contributed by atoms with Gasteiger partial charge in [0.2, 0.25) is 5.91 Å². The van der Waals surface area contributed by atoms with E-state index < -0.39 is 18.7 Å². The van der Waals surface area contributed by atoms with Gasteiger partial charge in [-0.1, -0.05) is 39.0 Å². The second-order valence-corrected chi connectivity index (χ2v) is 2.56. The number of hydrogen-bond acceptors (Lipinski definition) is 1. The van der Waals surface area contributed by atoms with Crippen LogP contribution in [0.3, 0.4) is 0 Å². The number of amides is 1. The first-order chi connectivity index (χ1) is 6.42. The fraction of sp³-hybridized carbons (Fsp3) is 0.889. The van der Waals surface area contributed by atoms with Crippen LogP contribution >= 0.6 is 0 Å². The molecule has 0 aliphatic heterocycles. The zero-order valence-corrected chi connectivity index (χ0v) is 7.10. The third kappa shape index (κ3) is 9.47. The zero-order valence-electron chi connectivity index (χ0n) is 10.1. The summed E-state index contributed by atoms with van der Waals surface area (Å²) in [4.78, 5) is 10.7. The predicted octanol–water partition coefficient (Wildman–Crippen LogP) is 2.22. The van der Waals surface area contributed by atoms with Crippen molar-refractivity contribution in [1.82, 2.24) is 0 Å². The van der Waals surface area contributed by atoms with E-state index in [-0.39, 0.29) is 0 Å². The van der Waals surface area contributed by atoms with E-state index in [2.05, 4.69) is 6.92 Å². The van der Waals surface area contributed by atoms with E-state index in [4.69, 9.17) is 9.85 Å². The Hall–Kier alpha value is -0.530. The fourth-order valence-electron chi connectivity index (χ4n) is 0.846. The lowest BCUT2D eigenvalue weighted by Gasteiger charge is -1.97. The molecule has 0 aromatic heterocycles. The first-order valence-electron chi connectivity index (χ1n) is 5.72. The highest BCUT2D eigenvalue weighted by Crippen LogP contribution is 2.05. The van der Waals surface area contributed by atoms with E-state index in [1.807, 2.05) is 0 Å². The Balaban J connectivity index is 3.83. The number of carbonyl (C=O) groups is 1. The minimum absolute atomic E-state index is 0.399. The summed E-state index contributed by atoms with van der Waals surface area (Å²) >= 11 is 0. The molecule has 2 heteroatoms. The van der Waals surface area contributed by atoms with Gasteiger partial charge in [-0.25, -0.2) is 0 Å². The molecule has 0 saturated heterocycles. The number of unbranched alkanes of at least 4 members (excludes halogenated alkanes) is 3. The molecule has 0 aliphatic rings. The van der Waals surface area contributed by atoms with Crippen LogP contribution in [0.5, 0.6) is 0 Å². The van der Waals surface area contributed by atoms with E-state index in [1.54, 1.807) is 0 Å². The quantitative estimate of drug-likeness (QED) is 0.570. The Kier molecular flexibility index (Phi) is 4.16. The van der Waals surface area contributed by atoms with E-state index in [1.165, 1.54) is 0 Å². The van der Waals surface area contributed by atoms with Crippen LogP contribution in [-0.2, 0) is 4.79 Å². The molecule has 1 atom stereocenters. The van der Waals surface area contributed by atoms with Crippen molar-refractivity contribution in [3.8, 4) is 0 Å². The van der Waals surface area contributed by atoms with Crippen LogP contribution in [0.25, 0.3) is 0 Å². The van der Waals surface area contributed by atoms with Gasteiger partial charge >= 0.3 is 0 Å². The van der Waals surface area contributed by atoms with Crippen LogP contribution in [0.1, 0.15) is 55.9 Å². The van der Waals surface area contributed by atoms with Gasteiger partial charge in [0.15, 0.2) is 0 Å². The third-order valence-corrected chi connectivity index (χ3v) is 1.45. The lowest BCUT2D eigenvalue weighted by atomic mass is 10.1. The molecule has 2 N–H and O–H groups in total. The SMILES string of the molecule is [2H]C(CCCCCC)C([2H])([2H])C(N)=O. The van der Waals surface area contributed by atoms with Crippen LogP contribution in [0.15, 0.2) is 0 Å². The molecule has 0 fully saturated rings. The Morgan fingerprint density at radius 2 is 2.00 bits per heavy atom. The van der Waals surface area contributed by atoms with E-state index in [9.17, 15) is 4.79 Å². The molecule has 2 nitrogen and oxygen atoms in total. The lowest BCUT2D eigenvalue weighted by Crippen LogP contribution is -2.09. The fourth-order valence-corrected chi connectivity index (χ4v) is 0.846. The molecule has 66 valence electrons. The number of rotatable bonds is 7. The molecule has 0 aliphatic carbocycles. The molecule has 0 aromatic carbocycles. The van der Waals surface area contributed by atoms with Gasteiger partial charge in [0.1, 0.15) is 0 Å². The minimum atomic E-state index is -2.19. The van der Waals surface area contributed by atoms with E-state index in [0.717, 1.165) is 25.7 Å². The van der Waals surface area contributed by atoms with Crippen LogP contribution in [0.4, 0.5) is 0 Å². The zero-order chi connectivity index (χ0) is 11.2. The molecule has 0 bridgehead atoms. The number of hydrogen-bond donors (Lipinski definition) is 1. The summed E-state index contributed by atoms with van der Waals surface area (Å²) < 4.78 is 22.0. The van der Waals surface area contributed by atoms with Gasteiger partial charge in [-0.2, -0.15) is 0 Å². The van der Waals surface area contributed by atoms with Crippen molar-refractivity contribution in [1.29, 1.82) is 0 Å². The van der Waals surface area contributed by atoms with Crippen molar-refractivity contribution in [3.63, 3.8) is 0 Å². The summed E-state index contributed by atoms with van der Waals surface area (Å²) in [5, 5.41) is 0. The molecule has 1 amide bonds. The predicted molar refractivity (Wildman–Crippen MR) is 47.2 cm³/mol. The number of primary amides is 1. The molecule has 0 rings (SSSR count). The van der Waals surface area contributed by atoms with Crippen LogP contribution in [0, 0.1) is 0 Å². The average molecular weight is 160 g/mol. The van der Waals surface area contributed by atoms with Crippen LogP contribution in [-0.4, -0.2) is 5.91 Å². The van der Waals surface area contributed by atoms with Gasteiger partial charge < -0.3 is 5.73 Å². The molecular formula is C9H19NO. The van der Waals surface area contributed by atoms with E-state index >= 15 is 0 Å². The molecule has 1 unspecified atom stereocenters. The van der Waals surface area contributed by atoms with Crippen molar-refractivity contribution in [3.05, 3.63) is 0 Å². The summed E-state index contributed by atoms with van der Waals surface area (Å²) in [5.74, 6) is -1.03. The molecule has 0 heterocycles. The summed E-state index contributed by atoms with van der Waals surface area (Å²) in [7, 11) is 0.